The molecule has 6 rings (SSSR count). The third kappa shape index (κ3) is 4.47. The molecule has 0 saturated heterocycles. The fourth-order valence-electron chi connectivity index (χ4n) is 5.24. The Morgan fingerprint density at radius 2 is 1.37 bits per heavy atom. The standard InChI is InChI=1S/C32H17F6N3/c33-31(34,35)21-8-10-24(28(17-21)32(36,37)38)26-5-3-6-27-25-4-1-2-7-29(25)41(30(26)27)22-9-11-23(20(16-22)18-39)19-12-14-40-15-13-19/h1-17H. The molecular weight excluding hydrogens is 540 g/mol. The molecule has 0 aliphatic rings. The third-order valence-electron chi connectivity index (χ3n) is 7.01. The van der Waals surface area contributed by atoms with Gasteiger partial charge in [0.05, 0.1) is 33.8 Å². The van der Waals surface area contributed by atoms with Gasteiger partial charge in [-0.15, -0.1) is 0 Å². The van der Waals surface area contributed by atoms with Crippen molar-refractivity contribution < 1.29 is 26.3 Å². The van der Waals surface area contributed by atoms with E-state index >= 15 is 0 Å². The maximum absolute atomic E-state index is 14.2. The molecule has 0 aliphatic heterocycles. The molecule has 0 N–H and O–H groups in total. The average Bonchev–Trinajstić information content (AvgIpc) is 3.31. The van der Waals surface area contributed by atoms with Crippen LogP contribution in [0.1, 0.15) is 16.7 Å². The van der Waals surface area contributed by atoms with E-state index in [1.807, 2.05) is 6.07 Å². The first kappa shape index (κ1) is 26.1. The number of alkyl halides is 6. The zero-order valence-corrected chi connectivity index (χ0v) is 20.9. The van der Waals surface area contributed by atoms with Crippen molar-refractivity contribution in [2.24, 2.45) is 0 Å². The smallest absolute Gasteiger partial charge is 0.309 e. The van der Waals surface area contributed by atoms with E-state index in [0.717, 1.165) is 17.0 Å². The van der Waals surface area contributed by atoms with E-state index in [4.69, 9.17) is 0 Å². The number of hydrogen-bond donors (Lipinski definition) is 0. The summed E-state index contributed by atoms with van der Waals surface area (Å²) in [7, 11) is 0. The quantitative estimate of drug-likeness (QED) is 0.204. The second kappa shape index (κ2) is 9.52. The molecule has 0 fully saturated rings. The number of pyridine rings is 1. The van der Waals surface area contributed by atoms with Gasteiger partial charge >= 0.3 is 12.4 Å². The van der Waals surface area contributed by atoms with Crippen LogP contribution in [0.5, 0.6) is 0 Å². The Morgan fingerprint density at radius 1 is 0.659 bits per heavy atom. The largest absolute Gasteiger partial charge is 0.417 e. The number of rotatable bonds is 3. The summed E-state index contributed by atoms with van der Waals surface area (Å²) in [5.41, 5.74) is 0.267. The fourth-order valence-corrected chi connectivity index (χ4v) is 5.24. The van der Waals surface area contributed by atoms with Crippen molar-refractivity contribution in [3.8, 4) is 34.0 Å². The zero-order chi connectivity index (χ0) is 28.9. The second-order valence-electron chi connectivity index (χ2n) is 9.39. The summed E-state index contributed by atoms with van der Waals surface area (Å²) >= 11 is 0. The molecule has 0 unspecified atom stereocenters. The minimum absolute atomic E-state index is 0.108. The van der Waals surface area contributed by atoms with Crippen LogP contribution in [0.4, 0.5) is 26.3 Å². The van der Waals surface area contributed by atoms with Crippen LogP contribution in [0.2, 0.25) is 0 Å². The van der Waals surface area contributed by atoms with Crippen molar-refractivity contribution in [1.29, 1.82) is 5.26 Å². The summed E-state index contributed by atoms with van der Waals surface area (Å²) in [5.74, 6) is 0. The Morgan fingerprint density at radius 3 is 2.07 bits per heavy atom. The van der Waals surface area contributed by atoms with Gasteiger partial charge in [-0.1, -0.05) is 48.5 Å². The van der Waals surface area contributed by atoms with Crippen LogP contribution in [0.25, 0.3) is 49.7 Å². The van der Waals surface area contributed by atoms with Crippen molar-refractivity contribution in [3.05, 3.63) is 120 Å². The van der Waals surface area contributed by atoms with Gasteiger partial charge in [0.2, 0.25) is 0 Å². The van der Waals surface area contributed by atoms with Gasteiger partial charge < -0.3 is 4.57 Å². The Bertz CT molecular complexity index is 1980. The van der Waals surface area contributed by atoms with Crippen molar-refractivity contribution >= 4 is 21.8 Å². The van der Waals surface area contributed by atoms with Crippen LogP contribution in [0.3, 0.4) is 0 Å². The Kier molecular flexibility index (Phi) is 6.07. The zero-order valence-electron chi connectivity index (χ0n) is 20.9. The minimum Gasteiger partial charge on any atom is -0.309 e. The number of para-hydroxylation sites is 2. The number of nitriles is 1. The minimum atomic E-state index is -5.05. The maximum Gasteiger partial charge on any atom is 0.417 e. The molecule has 3 nitrogen and oxygen atoms in total. The SMILES string of the molecule is N#Cc1cc(-n2c3ccccc3c3cccc(-c4ccc(C(F)(F)F)cc4C(F)(F)F)c32)ccc1-c1ccncc1. The number of nitrogens with zero attached hydrogens (tertiary/aromatic N) is 3. The number of halogens is 6. The van der Waals surface area contributed by atoms with Crippen molar-refractivity contribution in [2.45, 2.75) is 12.4 Å². The van der Waals surface area contributed by atoms with Crippen LogP contribution < -0.4 is 0 Å². The van der Waals surface area contributed by atoms with Crippen LogP contribution in [0, 0.1) is 11.3 Å². The monoisotopic (exact) mass is 557 g/mol. The van der Waals surface area contributed by atoms with E-state index in [1.165, 1.54) is 6.07 Å². The first-order valence-corrected chi connectivity index (χ1v) is 12.3. The summed E-state index contributed by atoms with van der Waals surface area (Å²) < 4.78 is 84.6. The molecule has 4 aromatic carbocycles. The molecule has 0 saturated carbocycles. The molecule has 0 spiro atoms. The topological polar surface area (TPSA) is 41.6 Å². The molecule has 41 heavy (non-hydrogen) atoms. The predicted molar refractivity (Wildman–Crippen MR) is 144 cm³/mol. The highest BCUT2D eigenvalue weighted by molar-refractivity contribution is 6.14. The molecule has 2 heterocycles. The number of hydrogen-bond acceptors (Lipinski definition) is 2. The summed E-state index contributed by atoms with van der Waals surface area (Å²) in [6.45, 7) is 0. The molecule has 9 heteroatoms. The Labute approximate surface area is 229 Å². The molecule has 202 valence electrons. The Balaban J connectivity index is 1.68. The number of aromatic nitrogens is 2. The van der Waals surface area contributed by atoms with E-state index in [1.54, 1.807) is 77.6 Å². The Hall–Kier alpha value is -5.10. The highest BCUT2D eigenvalue weighted by Crippen LogP contribution is 2.45. The molecule has 0 bridgehead atoms. The summed E-state index contributed by atoms with van der Waals surface area (Å²) in [6, 6.07) is 24.6. The molecular formula is C32H17F6N3. The normalized spacial score (nSPS) is 12.1. The van der Waals surface area contributed by atoms with Gasteiger partial charge in [-0.25, -0.2) is 0 Å². The van der Waals surface area contributed by atoms with Crippen molar-refractivity contribution in [1.82, 2.24) is 9.55 Å². The van der Waals surface area contributed by atoms with Gasteiger partial charge in [-0.3, -0.25) is 4.98 Å². The first-order chi connectivity index (χ1) is 19.6. The number of benzene rings is 4. The first-order valence-electron chi connectivity index (χ1n) is 12.3. The molecule has 0 radical (unpaired) electrons. The molecule has 0 atom stereocenters. The van der Waals surface area contributed by atoms with Crippen LogP contribution >= 0.6 is 0 Å². The van der Waals surface area contributed by atoms with Crippen molar-refractivity contribution in [2.75, 3.05) is 0 Å². The van der Waals surface area contributed by atoms with Crippen LogP contribution in [0.15, 0.2) is 103 Å². The third-order valence-corrected chi connectivity index (χ3v) is 7.01. The van der Waals surface area contributed by atoms with E-state index in [9.17, 15) is 31.6 Å². The lowest BCUT2D eigenvalue weighted by Crippen LogP contribution is -2.12. The average molecular weight is 557 g/mol. The van der Waals surface area contributed by atoms with Gasteiger partial charge in [0.15, 0.2) is 0 Å². The van der Waals surface area contributed by atoms with Crippen molar-refractivity contribution in [3.63, 3.8) is 0 Å². The lowest BCUT2D eigenvalue weighted by molar-refractivity contribution is -0.142. The van der Waals surface area contributed by atoms with Gasteiger partial charge in [-0.2, -0.15) is 31.6 Å². The number of fused-ring (bicyclic) bond motifs is 3. The maximum atomic E-state index is 14.2. The van der Waals surface area contributed by atoms with Gasteiger partial charge in [0.25, 0.3) is 0 Å². The predicted octanol–water partition coefficient (Wildman–Crippen LogP) is 9.42. The van der Waals surface area contributed by atoms with Gasteiger partial charge in [0.1, 0.15) is 0 Å². The fraction of sp³-hybridized carbons (Fsp3) is 0.0625. The van der Waals surface area contributed by atoms with Crippen LogP contribution in [-0.2, 0) is 12.4 Å². The van der Waals surface area contributed by atoms with Gasteiger partial charge in [0, 0.05) is 34.4 Å². The van der Waals surface area contributed by atoms with Crippen LogP contribution in [-0.4, -0.2) is 9.55 Å². The summed E-state index contributed by atoms with van der Waals surface area (Å²) in [4.78, 5) is 4.01. The molecule has 6 aromatic rings. The summed E-state index contributed by atoms with van der Waals surface area (Å²) in [5, 5.41) is 11.3. The second-order valence-corrected chi connectivity index (χ2v) is 9.39. The molecule has 0 amide bonds. The highest BCUT2D eigenvalue weighted by atomic mass is 19.4. The van der Waals surface area contributed by atoms with Gasteiger partial charge in [-0.05, 0) is 59.2 Å². The van der Waals surface area contributed by atoms with E-state index in [2.05, 4.69) is 11.1 Å². The van der Waals surface area contributed by atoms with E-state index < -0.39 is 23.5 Å². The lowest BCUT2D eigenvalue weighted by Gasteiger charge is -2.18. The van der Waals surface area contributed by atoms with E-state index in [-0.39, 0.29) is 17.2 Å². The van der Waals surface area contributed by atoms with E-state index in [0.29, 0.717) is 39.3 Å². The lowest BCUT2D eigenvalue weighted by atomic mass is 9.95. The highest BCUT2D eigenvalue weighted by Gasteiger charge is 2.39. The summed E-state index contributed by atoms with van der Waals surface area (Å²) in [6.07, 6.45) is -6.78. The molecule has 0 aliphatic carbocycles. The molecule has 2 aromatic heterocycles.